The normalized spacial score (nSPS) is 26.7. The molecule has 2 N–H and O–H groups in total. The summed E-state index contributed by atoms with van der Waals surface area (Å²) < 4.78 is 3.69. The van der Waals surface area contributed by atoms with Crippen molar-refractivity contribution in [2.75, 3.05) is 13.1 Å². The van der Waals surface area contributed by atoms with E-state index in [4.69, 9.17) is 5.73 Å². The maximum atomic E-state index is 11.9. The third kappa shape index (κ3) is 2.15. The lowest BCUT2D eigenvalue weighted by atomic mass is 9.95. The smallest absolute Gasteiger partial charge is 0.267 e. The van der Waals surface area contributed by atoms with Gasteiger partial charge in [0, 0.05) is 19.1 Å². The van der Waals surface area contributed by atoms with E-state index in [0.717, 1.165) is 31.0 Å². The highest BCUT2D eigenvalue weighted by Gasteiger charge is 2.27. The number of likely N-dealkylation sites (tertiary alicyclic amines) is 1. The molecule has 2 unspecified atom stereocenters. The van der Waals surface area contributed by atoms with Gasteiger partial charge in [0.05, 0.1) is 6.20 Å². The van der Waals surface area contributed by atoms with Crippen LogP contribution in [0.3, 0.4) is 0 Å². The number of aromatic nitrogens is 2. The number of hydrogen-bond donors (Lipinski definition) is 1. The van der Waals surface area contributed by atoms with Crippen LogP contribution in [0.5, 0.6) is 0 Å². The van der Waals surface area contributed by atoms with Gasteiger partial charge in [0.1, 0.15) is 4.88 Å². The highest BCUT2D eigenvalue weighted by molar-refractivity contribution is 7.07. The van der Waals surface area contributed by atoms with Crippen molar-refractivity contribution in [3.8, 4) is 0 Å². The van der Waals surface area contributed by atoms with Crippen molar-refractivity contribution >= 4 is 17.4 Å². The fourth-order valence-corrected chi connectivity index (χ4v) is 2.25. The minimum atomic E-state index is 0.0313. The molecule has 0 aromatic carbocycles. The van der Waals surface area contributed by atoms with Gasteiger partial charge >= 0.3 is 0 Å². The first kappa shape index (κ1) is 10.5. The largest absolute Gasteiger partial charge is 0.337 e. The molecule has 1 aromatic heterocycles. The molecule has 0 radical (unpaired) electrons. The van der Waals surface area contributed by atoms with E-state index in [9.17, 15) is 4.79 Å². The lowest BCUT2D eigenvalue weighted by molar-refractivity contribution is 0.0669. The van der Waals surface area contributed by atoms with Gasteiger partial charge in [-0.2, -0.15) is 0 Å². The monoisotopic (exact) mass is 226 g/mol. The van der Waals surface area contributed by atoms with Gasteiger partial charge < -0.3 is 10.6 Å². The fraction of sp³-hybridized carbons (Fsp3) is 0.667. The van der Waals surface area contributed by atoms with Crippen LogP contribution in [0.4, 0.5) is 0 Å². The molecule has 1 aliphatic rings. The van der Waals surface area contributed by atoms with E-state index in [1.807, 2.05) is 4.90 Å². The summed E-state index contributed by atoms with van der Waals surface area (Å²) >= 11 is 1.14. The third-order valence-electron chi connectivity index (χ3n) is 2.83. The van der Waals surface area contributed by atoms with E-state index in [2.05, 4.69) is 16.5 Å². The number of nitrogens with two attached hydrogens (primary N) is 1. The highest BCUT2D eigenvalue weighted by Crippen LogP contribution is 2.17. The zero-order chi connectivity index (χ0) is 10.8. The topological polar surface area (TPSA) is 72.1 Å². The molecule has 82 valence electrons. The molecule has 1 aliphatic heterocycles. The Balaban J connectivity index is 2.03. The van der Waals surface area contributed by atoms with Crippen molar-refractivity contribution in [1.82, 2.24) is 14.5 Å². The Bertz CT molecular complexity index is 340. The summed E-state index contributed by atoms with van der Waals surface area (Å²) in [5.41, 5.74) is 5.90. The van der Waals surface area contributed by atoms with Crippen molar-refractivity contribution in [3.63, 3.8) is 0 Å². The van der Waals surface area contributed by atoms with Gasteiger partial charge in [-0.1, -0.05) is 11.4 Å². The molecular formula is C9H14N4OS. The Morgan fingerprint density at radius 1 is 1.73 bits per heavy atom. The number of amides is 1. The summed E-state index contributed by atoms with van der Waals surface area (Å²) in [5, 5.41) is 3.67. The Kier molecular flexibility index (Phi) is 2.97. The molecule has 0 aliphatic carbocycles. The molecule has 1 fully saturated rings. The van der Waals surface area contributed by atoms with Crippen LogP contribution in [-0.2, 0) is 0 Å². The summed E-state index contributed by atoms with van der Waals surface area (Å²) in [4.78, 5) is 14.4. The van der Waals surface area contributed by atoms with Gasteiger partial charge in [0.15, 0.2) is 0 Å². The summed E-state index contributed by atoms with van der Waals surface area (Å²) in [7, 11) is 0. The van der Waals surface area contributed by atoms with Gasteiger partial charge in [-0.05, 0) is 23.9 Å². The quantitative estimate of drug-likeness (QED) is 0.750. The van der Waals surface area contributed by atoms with Crippen molar-refractivity contribution < 1.29 is 4.79 Å². The van der Waals surface area contributed by atoms with E-state index in [1.54, 1.807) is 0 Å². The van der Waals surface area contributed by atoms with Crippen LogP contribution in [-0.4, -0.2) is 39.5 Å². The van der Waals surface area contributed by atoms with Crippen LogP contribution in [0, 0.1) is 5.92 Å². The van der Waals surface area contributed by atoms with E-state index in [-0.39, 0.29) is 11.9 Å². The first-order valence-corrected chi connectivity index (χ1v) is 5.78. The lowest BCUT2D eigenvalue weighted by Crippen LogP contribution is -2.48. The minimum absolute atomic E-state index is 0.0313. The van der Waals surface area contributed by atoms with Crippen LogP contribution in [0.2, 0.25) is 0 Å². The second-order valence-electron chi connectivity index (χ2n) is 3.96. The zero-order valence-electron chi connectivity index (χ0n) is 8.59. The maximum Gasteiger partial charge on any atom is 0.267 e. The minimum Gasteiger partial charge on any atom is -0.337 e. The molecule has 0 spiro atoms. The second kappa shape index (κ2) is 4.24. The molecule has 2 rings (SSSR count). The van der Waals surface area contributed by atoms with Gasteiger partial charge in [-0.15, -0.1) is 5.10 Å². The fourth-order valence-electron chi connectivity index (χ4n) is 1.77. The van der Waals surface area contributed by atoms with Crippen LogP contribution >= 0.6 is 11.5 Å². The molecule has 0 saturated carbocycles. The number of hydrogen-bond acceptors (Lipinski definition) is 5. The van der Waals surface area contributed by atoms with Crippen LogP contribution in [0.25, 0.3) is 0 Å². The molecule has 1 saturated heterocycles. The molecular weight excluding hydrogens is 212 g/mol. The zero-order valence-corrected chi connectivity index (χ0v) is 9.41. The predicted molar refractivity (Wildman–Crippen MR) is 57.6 cm³/mol. The molecule has 0 bridgehead atoms. The number of nitrogens with zero attached hydrogens (tertiary/aromatic N) is 3. The summed E-state index contributed by atoms with van der Waals surface area (Å²) in [6.07, 6.45) is 2.39. The third-order valence-corrected chi connectivity index (χ3v) is 3.48. The van der Waals surface area contributed by atoms with Gasteiger partial charge in [-0.25, -0.2) is 0 Å². The van der Waals surface area contributed by atoms with Gasteiger partial charge in [0.2, 0.25) is 0 Å². The Hall–Kier alpha value is -1.01. The SMILES string of the molecule is CC1CN(C(=O)c2cnns2)CCC1N. The molecule has 15 heavy (non-hydrogen) atoms. The second-order valence-corrected chi connectivity index (χ2v) is 4.75. The standard InChI is InChI=1S/C9H14N4OS/c1-6-5-13(3-2-7(6)10)9(14)8-4-11-12-15-8/h4,6-7H,2-3,5,10H2,1H3. The molecule has 5 nitrogen and oxygen atoms in total. The maximum absolute atomic E-state index is 11.9. The van der Waals surface area contributed by atoms with Crippen LogP contribution in [0.15, 0.2) is 6.20 Å². The number of carbonyl (C=O) groups excluding carboxylic acids is 1. The number of piperidine rings is 1. The highest BCUT2D eigenvalue weighted by atomic mass is 32.1. The Morgan fingerprint density at radius 2 is 2.53 bits per heavy atom. The van der Waals surface area contributed by atoms with E-state index < -0.39 is 0 Å². The molecule has 2 atom stereocenters. The predicted octanol–water partition coefficient (Wildman–Crippen LogP) is 0.347. The van der Waals surface area contributed by atoms with Crippen molar-refractivity contribution in [2.24, 2.45) is 11.7 Å². The van der Waals surface area contributed by atoms with E-state index >= 15 is 0 Å². The summed E-state index contributed by atoms with van der Waals surface area (Å²) in [5.74, 6) is 0.396. The number of rotatable bonds is 1. The average molecular weight is 226 g/mol. The Labute approximate surface area is 92.4 Å². The van der Waals surface area contributed by atoms with Crippen molar-refractivity contribution in [3.05, 3.63) is 11.1 Å². The number of carbonyl (C=O) groups is 1. The molecule has 1 amide bonds. The summed E-state index contributed by atoms with van der Waals surface area (Å²) in [6.45, 7) is 3.55. The van der Waals surface area contributed by atoms with Crippen molar-refractivity contribution in [2.45, 2.75) is 19.4 Å². The van der Waals surface area contributed by atoms with E-state index in [1.165, 1.54) is 6.20 Å². The average Bonchev–Trinajstić information content (AvgIpc) is 2.74. The Morgan fingerprint density at radius 3 is 3.13 bits per heavy atom. The molecule has 2 heterocycles. The van der Waals surface area contributed by atoms with Crippen LogP contribution in [0.1, 0.15) is 23.0 Å². The summed E-state index contributed by atoms with van der Waals surface area (Å²) in [6, 6.07) is 0.216. The van der Waals surface area contributed by atoms with Crippen molar-refractivity contribution in [1.29, 1.82) is 0 Å². The first-order valence-electron chi connectivity index (χ1n) is 5.00. The van der Waals surface area contributed by atoms with Gasteiger partial charge in [-0.3, -0.25) is 4.79 Å². The van der Waals surface area contributed by atoms with Gasteiger partial charge in [0.25, 0.3) is 5.91 Å². The molecule has 6 heteroatoms. The van der Waals surface area contributed by atoms with Crippen LogP contribution < -0.4 is 5.73 Å². The lowest BCUT2D eigenvalue weighted by Gasteiger charge is -2.34. The molecule has 1 aromatic rings. The van der Waals surface area contributed by atoms with E-state index in [0.29, 0.717) is 10.8 Å². The first-order chi connectivity index (χ1) is 7.18.